The molecule has 0 aliphatic carbocycles. The van der Waals surface area contributed by atoms with Crippen LogP contribution in [0.5, 0.6) is 0 Å². The number of halogens is 1. The SMILES string of the molecule is [Co].[O-][I+3]([O-])([O-])O. The third-order valence-electron chi connectivity index (χ3n) is 0. The fourth-order valence-corrected chi connectivity index (χ4v) is 0. The van der Waals surface area contributed by atoms with Crippen LogP contribution < -0.4 is 30.4 Å². The van der Waals surface area contributed by atoms with Crippen molar-refractivity contribution >= 4 is 0 Å². The first-order valence-electron chi connectivity index (χ1n) is 0.632. The van der Waals surface area contributed by atoms with Crippen molar-refractivity contribution in [2.45, 2.75) is 0 Å². The van der Waals surface area contributed by atoms with Gasteiger partial charge in [-0.15, -0.1) is 0 Å². The number of hydrogen-bond acceptors (Lipinski definition) is 4. The molecule has 0 aliphatic heterocycles. The van der Waals surface area contributed by atoms with Gasteiger partial charge in [0.2, 0.25) is 0 Å². The average Bonchev–Trinajstić information content (AvgIpc) is 0.722. The molecule has 1 N–H and O–H groups in total. The Morgan fingerprint density at radius 1 is 1.17 bits per heavy atom. The molecule has 0 aromatic rings. The second-order valence-corrected chi connectivity index (χ2v) is 2.66. The third-order valence-corrected chi connectivity index (χ3v) is 0. The maximum Gasteiger partial charge on any atom is 0.368 e. The molecule has 0 amide bonds. The Morgan fingerprint density at radius 2 is 1.17 bits per heavy atom. The minimum absolute atomic E-state index is 0. The predicted molar refractivity (Wildman–Crippen MR) is 2.22 cm³/mol. The summed E-state index contributed by atoms with van der Waals surface area (Å²) in [4.78, 5) is 0. The third kappa shape index (κ3) is 72.8. The molecule has 0 saturated heterocycles. The Hall–Kier alpha value is 1.08. The zero-order valence-electron chi connectivity index (χ0n) is 2.38. The summed E-state index contributed by atoms with van der Waals surface area (Å²) < 4.78 is 33.2. The molecule has 0 atom stereocenters. The summed E-state index contributed by atoms with van der Waals surface area (Å²) in [6.07, 6.45) is 0. The molecule has 41 valence electrons. The first-order chi connectivity index (χ1) is 2.00. The van der Waals surface area contributed by atoms with Gasteiger partial charge in [-0.25, -0.2) is 0 Å². The first-order valence-corrected chi connectivity index (χ1v) is 4.24. The quantitative estimate of drug-likeness (QED) is 0.433. The molecule has 0 unspecified atom stereocenters. The van der Waals surface area contributed by atoms with E-state index in [1.807, 2.05) is 0 Å². The Morgan fingerprint density at radius 3 is 1.17 bits per heavy atom. The van der Waals surface area contributed by atoms with Crippen molar-refractivity contribution in [3.8, 4) is 0 Å². The predicted octanol–water partition coefficient (Wildman–Crippen LogP) is -7.12. The molecule has 0 bridgehead atoms. The molecule has 0 spiro atoms. The maximum atomic E-state index is 8.73. The van der Waals surface area contributed by atoms with Gasteiger partial charge in [0.1, 0.15) is 0 Å². The van der Waals surface area contributed by atoms with Crippen molar-refractivity contribution in [3.05, 3.63) is 0 Å². The van der Waals surface area contributed by atoms with E-state index in [0.29, 0.717) is 0 Å². The second kappa shape index (κ2) is 3.13. The van der Waals surface area contributed by atoms with Gasteiger partial charge in [-0.05, 0) is 0 Å². The number of rotatable bonds is 0. The summed E-state index contributed by atoms with van der Waals surface area (Å²) in [5.74, 6) is 0. The van der Waals surface area contributed by atoms with Gasteiger partial charge in [0.15, 0.2) is 0 Å². The molecule has 1 radical (unpaired) electrons. The first kappa shape index (κ1) is 10.1. The van der Waals surface area contributed by atoms with Crippen LogP contribution in [0.2, 0.25) is 0 Å². The largest absolute Gasteiger partial charge is 0.368 e. The average molecular weight is 251 g/mol. The van der Waals surface area contributed by atoms with E-state index < -0.39 is 20.1 Å². The normalized spacial score (nSPS) is 10.0. The molecule has 4 nitrogen and oxygen atoms in total. The van der Waals surface area contributed by atoms with Gasteiger partial charge in [0.05, 0.1) is 0 Å². The summed E-state index contributed by atoms with van der Waals surface area (Å²) in [6.45, 7) is 0. The van der Waals surface area contributed by atoms with Crippen molar-refractivity contribution in [1.82, 2.24) is 0 Å². The van der Waals surface area contributed by atoms with Crippen LogP contribution in [0.3, 0.4) is 0 Å². The fourth-order valence-electron chi connectivity index (χ4n) is 0. The molecular weight excluding hydrogens is 250 g/mol. The van der Waals surface area contributed by atoms with Crippen LogP contribution in [0.25, 0.3) is 0 Å². The van der Waals surface area contributed by atoms with E-state index in [2.05, 4.69) is 0 Å². The van der Waals surface area contributed by atoms with Crippen LogP contribution >= 0.6 is 0 Å². The van der Waals surface area contributed by atoms with Gasteiger partial charge < -0.3 is 0 Å². The Kier molecular flexibility index (Phi) is 5.28. The smallest absolute Gasteiger partial charge is 0.256 e. The summed E-state index contributed by atoms with van der Waals surface area (Å²) in [5.41, 5.74) is 0. The van der Waals surface area contributed by atoms with Crippen molar-refractivity contribution in [2.24, 2.45) is 0 Å². The van der Waals surface area contributed by atoms with E-state index in [1.165, 1.54) is 0 Å². The molecular formula is HCoIO4. The van der Waals surface area contributed by atoms with Crippen LogP contribution in [0.1, 0.15) is 0 Å². The van der Waals surface area contributed by atoms with Crippen LogP contribution in [0, 0.1) is 0 Å². The molecule has 0 rings (SSSR count). The minimum atomic E-state index is -5.69. The van der Waals surface area contributed by atoms with Gasteiger partial charge in [-0.2, -0.15) is 0 Å². The van der Waals surface area contributed by atoms with Crippen LogP contribution in [0.15, 0.2) is 0 Å². The summed E-state index contributed by atoms with van der Waals surface area (Å²) in [5, 5.41) is 0. The number of hydrogen-bond donors (Lipinski definition) is 1. The standard InChI is InChI=1S/Co.HIO4/c;2-1(3,4)5/h;2H. The summed E-state index contributed by atoms with van der Waals surface area (Å²) in [6, 6.07) is 0. The van der Waals surface area contributed by atoms with Gasteiger partial charge in [-0.3, -0.25) is 10.3 Å². The molecule has 0 aromatic heterocycles. The molecule has 6 heteroatoms. The van der Waals surface area contributed by atoms with E-state index in [4.69, 9.17) is 13.7 Å². The van der Waals surface area contributed by atoms with Crippen molar-refractivity contribution in [2.75, 3.05) is 0 Å². The monoisotopic (exact) mass is 251 g/mol. The van der Waals surface area contributed by atoms with E-state index >= 15 is 0 Å². The summed E-state index contributed by atoms with van der Waals surface area (Å²) in [7, 11) is 0. The Balaban J connectivity index is 0. The molecule has 0 heterocycles. The molecule has 6 heavy (non-hydrogen) atoms. The van der Waals surface area contributed by atoms with Crippen molar-refractivity contribution < 1.29 is 50.6 Å². The van der Waals surface area contributed by atoms with Gasteiger partial charge in [-0.1, -0.05) is 0 Å². The molecule has 0 aromatic carbocycles. The van der Waals surface area contributed by atoms with Gasteiger partial charge >= 0.3 is 20.1 Å². The fraction of sp³-hybridized carbons (Fsp3) is 0. The Labute approximate surface area is 50.7 Å². The second-order valence-electron chi connectivity index (χ2n) is 0.396. The minimum Gasteiger partial charge on any atom is -0.256 e. The van der Waals surface area contributed by atoms with Crippen molar-refractivity contribution in [1.29, 1.82) is 0 Å². The van der Waals surface area contributed by atoms with E-state index in [1.54, 1.807) is 0 Å². The Bertz CT molecular complexity index is 23.0. The van der Waals surface area contributed by atoms with Crippen LogP contribution in [-0.2, 0) is 16.8 Å². The molecule has 0 saturated carbocycles. The zero-order chi connectivity index (χ0) is 4.50. The van der Waals surface area contributed by atoms with Crippen LogP contribution in [-0.4, -0.2) is 3.44 Å². The molecule has 0 fully saturated rings. The maximum absolute atomic E-state index is 8.73. The van der Waals surface area contributed by atoms with Gasteiger partial charge in [0.25, 0.3) is 0 Å². The molecule has 0 aliphatic rings. The van der Waals surface area contributed by atoms with E-state index in [0.717, 1.165) is 0 Å². The van der Waals surface area contributed by atoms with Crippen LogP contribution in [0.4, 0.5) is 0 Å². The van der Waals surface area contributed by atoms with E-state index in [-0.39, 0.29) is 16.8 Å². The summed E-state index contributed by atoms with van der Waals surface area (Å²) >= 11 is -5.69. The van der Waals surface area contributed by atoms with Gasteiger partial charge in [0, 0.05) is 20.2 Å². The van der Waals surface area contributed by atoms with Crippen molar-refractivity contribution in [3.63, 3.8) is 0 Å². The topological polar surface area (TPSA) is 89.4 Å². The van der Waals surface area contributed by atoms with E-state index in [9.17, 15) is 0 Å². The zero-order valence-corrected chi connectivity index (χ0v) is 5.58.